The molecule has 21 heavy (non-hydrogen) atoms. The van der Waals surface area contributed by atoms with Crippen molar-refractivity contribution in [2.45, 2.75) is 30.7 Å². The van der Waals surface area contributed by atoms with Crippen molar-refractivity contribution in [1.82, 2.24) is 4.31 Å². The van der Waals surface area contributed by atoms with Crippen LogP contribution in [0.2, 0.25) is 0 Å². The normalized spacial score (nSPS) is 23.9. The molecule has 0 aromatic heterocycles. The first-order valence-corrected chi connectivity index (χ1v) is 8.83. The Kier molecular flexibility index (Phi) is 4.60. The molecule has 0 saturated carbocycles. The molecule has 0 radical (unpaired) electrons. The summed E-state index contributed by atoms with van der Waals surface area (Å²) in [6.07, 6.45) is 1.21. The Balaban J connectivity index is 2.39. The average Bonchev–Trinajstić information content (AvgIpc) is 2.38. The lowest BCUT2D eigenvalue weighted by Crippen LogP contribution is -2.48. The Hall–Kier alpha value is -1.12. The molecule has 8 heteroatoms. The molecule has 2 unspecified atom stereocenters. The zero-order valence-corrected chi connectivity index (χ0v) is 14.0. The van der Waals surface area contributed by atoms with Crippen LogP contribution in [-0.2, 0) is 14.8 Å². The maximum Gasteiger partial charge on any atom is 0.245 e. The van der Waals surface area contributed by atoms with Crippen molar-refractivity contribution >= 4 is 37.5 Å². The van der Waals surface area contributed by atoms with Gasteiger partial charge in [-0.2, -0.15) is 4.31 Å². The molecule has 116 valence electrons. The molecule has 1 aliphatic rings. The van der Waals surface area contributed by atoms with Crippen LogP contribution in [0.1, 0.15) is 19.8 Å². The highest BCUT2D eigenvalue weighted by Gasteiger charge is 2.37. The van der Waals surface area contributed by atoms with Crippen molar-refractivity contribution in [2.24, 2.45) is 11.7 Å². The van der Waals surface area contributed by atoms with Crippen LogP contribution in [0.4, 0.5) is 5.69 Å². The van der Waals surface area contributed by atoms with Gasteiger partial charge >= 0.3 is 0 Å². The van der Waals surface area contributed by atoms with Gasteiger partial charge in [-0.3, -0.25) is 4.79 Å². The average molecular weight is 376 g/mol. The number of piperidine rings is 1. The first-order valence-electron chi connectivity index (χ1n) is 6.59. The summed E-state index contributed by atoms with van der Waals surface area (Å²) in [5, 5.41) is 0. The number of hydrogen-bond donors (Lipinski definition) is 2. The summed E-state index contributed by atoms with van der Waals surface area (Å²) in [5.41, 5.74) is 11.3. The number of nitrogens with two attached hydrogens (primary N) is 2. The third kappa shape index (κ3) is 3.22. The van der Waals surface area contributed by atoms with Crippen LogP contribution in [0.15, 0.2) is 27.6 Å². The summed E-state index contributed by atoms with van der Waals surface area (Å²) in [5.74, 6) is -0.918. The fourth-order valence-electron chi connectivity index (χ4n) is 2.52. The highest BCUT2D eigenvalue weighted by molar-refractivity contribution is 9.10. The van der Waals surface area contributed by atoms with Crippen LogP contribution < -0.4 is 11.5 Å². The Labute approximate surface area is 132 Å². The largest absolute Gasteiger partial charge is 0.398 e. The SMILES string of the molecule is CC1CCC(C(N)=O)CN1S(=O)(=O)c1ccc(Br)cc1N. The molecule has 1 amide bonds. The first-order chi connectivity index (χ1) is 9.73. The van der Waals surface area contributed by atoms with E-state index in [9.17, 15) is 13.2 Å². The molecule has 1 fully saturated rings. The number of sulfonamides is 1. The van der Waals surface area contributed by atoms with Crippen molar-refractivity contribution in [3.63, 3.8) is 0 Å². The van der Waals surface area contributed by atoms with Gasteiger partial charge < -0.3 is 11.5 Å². The maximum atomic E-state index is 12.8. The van der Waals surface area contributed by atoms with Crippen LogP contribution in [0, 0.1) is 5.92 Å². The van der Waals surface area contributed by atoms with Gasteiger partial charge in [-0.25, -0.2) is 8.42 Å². The molecule has 1 saturated heterocycles. The van der Waals surface area contributed by atoms with E-state index in [1.54, 1.807) is 12.1 Å². The zero-order chi connectivity index (χ0) is 15.8. The van der Waals surface area contributed by atoms with E-state index < -0.39 is 21.8 Å². The standard InChI is InChI=1S/C13H18BrN3O3S/c1-8-2-3-9(13(16)18)7-17(8)21(19,20)12-5-4-10(14)6-11(12)15/h4-6,8-9H,2-3,7,15H2,1H3,(H2,16,18). The van der Waals surface area contributed by atoms with E-state index in [1.807, 2.05) is 6.92 Å². The number of primary amides is 1. The van der Waals surface area contributed by atoms with Crippen molar-refractivity contribution in [1.29, 1.82) is 0 Å². The van der Waals surface area contributed by atoms with Crippen molar-refractivity contribution < 1.29 is 13.2 Å². The van der Waals surface area contributed by atoms with Gasteiger partial charge in [-0.05, 0) is 38.0 Å². The number of rotatable bonds is 3. The highest BCUT2D eigenvalue weighted by Crippen LogP contribution is 2.31. The Morgan fingerprint density at radius 2 is 2.05 bits per heavy atom. The van der Waals surface area contributed by atoms with Crippen LogP contribution in [-0.4, -0.2) is 31.2 Å². The predicted molar refractivity (Wildman–Crippen MR) is 83.8 cm³/mol. The lowest BCUT2D eigenvalue weighted by Gasteiger charge is -2.35. The summed E-state index contributed by atoms with van der Waals surface area (Å²) in [7, 11) is -3.75. The minimum absolute atomic E-state index is 0.0580. The number of nitrogens with zero attached hydrogens (tertiary/aromatic N) is 1. The summed E-state index contributed by atoms with van der Waals surface area (Å²) in [6, 6.07) is 4.46. The molecule has 2 atom stereocenters. The van der Waals surface area contributed by atoms with Gasteiger partial charge in [-0.1, -0.05) is 15.9 Å². The number of hydrogen-bond acceptors (Lipinski definition) is 4. The molecule has 6 nitrogen and oxygen atoms in total. The van der Waals surface area contributed by atoms with E-state index in [0.29, 0.717) is 17.3 Å². The second-order valence-electron chi connectivity index (χ2n) is 5.28. The van der Waals surface area contributed by atoms with E-state index in [0.717, 1.165) is 0 Å². The van der Waals surface area contributed by atoms with E-state index in [2.05, 4.69) is 15.9 Å². The Bertz CT molecular complexity index is 663. The predicted octanol–water partition coefficient (Wildman–Crippen LogP) is 1.31. The molecule has 1 heterocycles. The third-order valence-corrected chi connectivity index (χ3v) is 6.33. The summed E-state index contributed by atoms with van der Waals surface area (Å²) in [4.78, 5) is 11.4. The number of benzene rings is 1. The molecule has 4 N–H and O–H groups in total. The van der Waals surface area contributed by atoms with Gasteiger partial charge in [0.25, 0.3) is 0 Å². The number of halogens is 1. The van der Waals surface area contributed by atoms with E-state index in [1.165, 1.54) is 10.4 Å². The molecule has 2 rings (SSSR count). The lowest BCUT2D eigenvalue weighted by atomic mass is 9.95. The quantitative estimate of drug-likeness (QED) is 0.776. The fourth-order valence-corrected chi connectivity index (χ4v) is 4.71. The second kappa shape index (κ2) is 5.94. The molecule has 1 aliphatic heterocycles. The molecular formula is C13H18BrN3O3S. The van der Waals surface area contributed by atoms with Gasteiger partial charge in [0.2, 0.25) is 15.9 Å². The van der Waals surface area contributed by atoms with E-state index in [4.69, 9.17) is 11.5 Å². The number of carbonyl (C=O) groups is 1. The van der Waals surface area contributed by atoms with Gasteiger partial charge in [0.1, 0.15) is 4.90 Å². The van der Waals surface area contributed by atoms with Gasteiger partial charge in [0.05, 0.1) is 11.6 Å². The molecule has 1 aromatic rings. The second-order valence-corrected chi connectivity index (χ2v) is 8.06. The van der Waals surface area contributed by atoms with Crippen LogP contribution in [0.25, 0.3) is 0 Å². The lowest BCUT2D eigenvalue weighted by molar-refractivity contribution is -0.123. The highest BCUT2D eigenvalue weighted by atomic mass is 79.9. The Morgan fingerprint density at radius 1 is 1.38 bits per heavy atom. The van der Waals surface area contributed by atoms with Crippen LogP contribution >= 0.6 is 15.9 Å². The molecule has 0 spiro atoms. The maximum absolute atomic E-state index is 12.8. The minimum atomic E-state index is -3.75. The summed E-state index contributed by atoms with van der Waals surface area (Å²) >= 11 is 3.25. The smallest absolute Gasteiger partial charge is 0.245 e. The zero-order valence-electron chi connectivity index (χ0n) is 11.6. The summed E-state index contributed by atoms with van der Waals surface area (Å²) in [6.45, 7) is 1.93. The third-order valence-electron chi connectivity index (χ3n) is 3.79. The summed E-state index contributed by atoms with van der Waals surface area (Å²) < 4.78 is 27.6. The van der Waals surface area contributed by atoms with Crippen molar-refractivity contribution in [3.05, 3.63) is 22.7 Å². The minimum Gasteiger partial charge on any atom is -0.398 e. The van der Waals surface area contributed by atoms with Gasteiger partial charge in [0, 0.05) is 17.1 Å². The fraction of sp³-hybridized carbons (Fsp3) is 0.462. The monoisotopic (exact) mass is 375 g/mol. The number of amides is 1. The van der Waals surface area contributed by atoms with Crippen molar-refractivity contribution in [2.75, 3.05) is 12.3 Å². The molecule has 0 bridgehead atoms. The van der Waals surface area contributed by atoms with E-state index >= 15 is 0 Å². The number of anilines is 1. The number of carbonyl (C=O) groups excluding carboxylic acids is 1. The van der Waals surface area contributed by atoms with Crippen molar-refractivity contribution in [3.8, 4) is 0 Å². The van der Waals surface area contributed by atoms with Gasteiger partial charge in [0.15, 0.2) is 0 Å². The molecule has 0 aliphatic carbocycles. The molecule has 1 aromatic carbocycles. The van der Waals surface area contributed by atoms with E-state index in [-0.39, 0.29) is 23.2 Å². The van der Waals surface area contributed by atoms with Gasteiger partial charge in [-0.15, -0.1) is 0 Å². The topological polar surface area (TPSA) is 106 Å². The first kappa shape index (κ1) is 16.3. The molecular weight excluding hydrogens is 358 g/mol. The van der Waals surface area contributed by atoms with Crippen LogP contribution in [0.3, 0.4) is 0 Å². The number of nitrogen functional groups attached to an aromatic ring is 1. The van der Waals surface area contributed by atoms with Crippen LogP contribution in [0.5, 0.6) is 0 Å². The Morgan fingerprint density at radius 3 is 2.62 bits per heavy atom.